The molecule has 1 rings (SSSR count). The fourth-order valence-corrected chi connectivity index (χ4v) is 0.909. The molecule has 0 aliphatic rings. The number of carboxylic acid groups (broad SMARTS) is 2. The lowest BCUT2D eigenvalue weighted by atomic mass is 10.1. The Hall–Kier alpha value is -2.04. The number of carbonyl (C=O) groups is 2. The van der Waals surface area contributed by atoms with Crippen LogP contribution in [-0.4, -0.2) is 11.9 Å². The van der Waals surface area contributed by atoms with Crippen LogP contribution < -0.4 is 15.9 Å². The van der Waals surface area contributed by atoms with E-state index >= 15 is 0 Å². The Balaban J connectivity index is 3.35. The van der Waals surface area contributed by atoms with E-state index in [9.17, 15) is 19.8 Å². The molecule has 5 nitrogen and oxygen atoms in total. The van der Waals surface area contributed by atoms with Crippen molar-refractivity contribution in [2.24, 2.45) is 0 Å². The number of hydrogen-bond donors (Lipinski definition) is 1. The van der Waals surface area contributed by atoms with Crippen LogP contribution >= 0.6 is 0 Å². The van der Waals surface area contributed by atoms with Crippen LogP contribution in [0.2, 0.25) is 0 Å². The van der Waals surface area contributed by atoms with Gasteiger partial charge in [-0.05, 0) is 12.1 Å². The Labute approximate surface area is 73.4 Å². The summed E-state index contributed by atoms with van der Waals surface area (Å²) in [5.41, 5.74) is 4.51. The smallest absolute Gasteiger partial charge is 0.0722 e. The van der Waals surface area contributed by atoms with E-state index in [1.54, 1.807) is 0 Å². The summed E-state index contributed by atoms with van der Waals surface area (Å²) >= 11 is 0. The lowest BCUT2D eigenvalue weighted by molar-refractivity contribution is -0.259. The Morgan fingerprint density at radius 2 is 1.62 bits per heavy atom. The summed E-state index contributed by atoms with van der Waals surface area (Å²) in [4.78, 5) is 20.8. The van der Waals surface area contributed by atoms with Gasteiger partial charge in [0.2, 0.25) is 0 Å². The van der Waals surface area contributed by atoms with Crippen molar-refractivity contribution in [2.75, 3.05) is 5.73 Å². The van der Waals surface area contributed by atoms with E-state index in [1.165, 1.54) is 6.07 Å². The van der Waals surface area contributed by atoms with Crippen LogP contribution in [0.25, 0.3) is 0 Å². The molecule has 1 aromatic carbocycles. The second-order valence-electron chi connectivity index (χ2n) is 2.38. The van der Waals surface area contributed by atoms with Crippen molar-refractivity contribution in [3.63, 3.8) is 0 Å². The minimum atomic E-state index is -1.59. The third-order valence-corrected chi connectivity index (χ3v) is 1.48. The van der Waals surface area contributed by atoms with Gasteiger partial charge in [-0.1, -0.05) is 6.07 Å². The first-order valence-corrected chi connectivity index (χ1v) is 3.34. The van der Waals surface area contributed by atoms with Crippen molar-refractivity contribution in [1.82, 2.24) is 0 Å². The van der Waals surface area contributed by atoms with Gasteiger partial charge in [-0.2, -0.15) is 0 Å². The molecule has 13 heavy (non-hydrogen) atoms. The SMILES string of the molecule is Nc1ccc(C(=O)[O-])c(C(=O)[O-])c1. The molecule has 0 aliphatic heterocycles. The number of benzene rings is 1. The van der Waals surface area contributed by atoms with E-state index in [-0.39, 0.29) is 5.69 Å². The van der Waals surface area contributed by atoms with Gasteiger partial charge in [-0.15, -0.1) is 0 Å². The van der Waals surface area contributed by atoms with Crippen LogP contribution in [0, 0.1) is 0 Å². The van der Waals surface area contributed by atoms with Gasteiger partial charge in [-0.25, -0.2) is 0 Å². The predicted octanol–water partition coefficient (Wildman–Crippen LogP) is -2.00. The molecule has 1 aromatic rings. The van der Waals surface area contributed by atoms with Crippen LogP contribution in [0.3, 0.4) is 0 Å². The fourth-order valence-electron chi connectivity index (χ4n) is 0.909. The maximum atomic E-state index is 10.4. The molecule has 0 fully saturated rings. The van der Waals surface area contributed by atoms with Gasteiger partial charge in [0.05, 0.1) is 11.9 Å². The van der Waals surface area contributed by atoms with Gasteiger partial charge in [0.15, 0.2) is 0 Å². The van der Waals surface area contributed by atoms with Gasteiger partial charge >= 0.3 is 0 Å². The number of hydrogen-bond acceptors (Lipinski definition) is 5. The van der Waals surface area contributed by atoms with E-state index in [0.29, 0.717) is 0 Å². The molecule has 0 aliphatic carbocycles. The van der Waals surface area contributed by atoms with Crippen LogP contribution in [0.1, 0.15) is 20.7 Å². The number of rotatable bonds is 2. The molecule has 0 saturated carbocycles. The van der Waals surface area contributed by atoms with E-state index in [4.69, 9.17) is 5.73 Å². The highest BCUT2D eigenvalue weighted by Gasteiger charge is 2.04. The highest BCUT2D eigenvalue weighted by atomic mass is 16.4. The first kappa shape index (κ1) is 9.05. The fraction of sp³-hybridized carbons (Fsp3) is 0. The summed E-state index contributed by atoms with van der Waals surface area (Å²) in [6.45, 7) is 0. The lowest BCUT2D eigenvalue weighted by Crippen LogP contribution is -2.30. The van der Waals surface area contributed by atoms with Crippen LogP contribution in [0.4, 0.5) is 5.69 Å². The van der Waals surface area contributed by atoms with Gasteiger partial charge < -0.3 is 25.5 Å². The quantitative estimate of drug-likeness (QED) is 0.528. The molecular weight excluding hydrogens is 174 g/mol. The van der Waals surface area contributed by atoms with Crippen LogP contribution in [0.5, 0.6) is 0 Å². The minimum Gasteiger partial charge on any atom is -0.545 e. The molecule has 0 radical (unpaired) electrons. The molecule has 0 aromatic heterocycles. The summed E-state index contributed by atoms with van der Waals surface area (Å²) in [6.07, 6.45) is 0. The van der Waals surface area contributed by atoms with Crippen molar-refractivity contribution < 1.29 is 19.8 Å². The summed E-state index contributed by atoms with van der Waals surface area (Å²) < 4.78 is 0. The normalized spacial score (nSPS) is 9.54. The number of carboxylic acids is 2. The molecule has 0 heterocycles. The van der Waals surface area contributed by atoms with Crippen LogP contribution in [-0.2, 0) is 0 Å². The average molecular weight is 179 g/mol. The molecule has 68 valence electrons. The Bertz CT molecular complexity index is 372. The molecular formula is C8H5NO4-2. The Kier molecular flexibility index (Phi) is 2.19. The number of nitrogens with two attached hydrogens (primary N) is 1. The zero-order valence-corrected chi connectivity index (χ0v) is 6.44. The number of carbonyl (C=O) groups excluding carboxylic acids is 2. The standard InChI is InChI=1S/C8H7NO4/c9-4-1-2-5(7(10)11)6(3-4)8(12)13/h1-3H,9H2,(H,10,11)(H,12,13)/p-2. The van der Waals surface area contributed by atoms with Crippen molar-refractivity contribution in [3.05, 3.63) is 29.3 Å². The van der Waals surface area contributed by atoms with Crippen LogP contribution in [0.15, 0.2) is 18.2 Å². The minimum absolute atomic E-state index is 0.157. The first-order valence-electron chi connectivity index (χ1n) is 3.34. The van der Waals surface area contributed by atoms with Gasteiger partial charge in [0, 0.05) is 16.8 Å². The monoisotopic (exact) mass is 179 g/mol. The van der Waals surface area contributed by atoms with E-state index < -0.39 is 23.1 Å². The Morgan fingerprint density at radius 3 is 2.08 bits per heavy atom. The first-order chi connectivity index (χ1) is 6.02. The van der Waals surface area contributed by atoms with Crippen molar-refractivity contribution in [3.8, 4) is 0 Å². The maximum Gasteiger partial charge on any atom is 0.0722 e. The average Bonchev–Trinajstić information content (AvgIpc) is 2.03. The summed E-state index contributed by atoms with van der Waals surface area (Å²) in [6, 6.07) is 3.35. The molecule has 0 amide bonds. The van der Waals surface area contributed by atoms with E-state index in [0.717, 1.165) is 12.1 Å². The molecule has 0 atom stereocenters. The zero-order valence-electron chi connectivity index (χ0n) is 6.44. The topological polar surface area (TPSA) is 106 Å². The summed E-state index contributed by atoms with van der Waals surface area (Å²) in [5.74, 6) is -3.16. The molecule has 0 bridgehead atoms. The second kappa shape index (κ2) is 3.14. The van der Waals surface area contributed by atoms with Crippen molar-refractivity contribution in [2.45, 2.75) is 0 Å². The Morgan fingerprint density at radius 1 is 1.08 bits per heavy atom. The molecule has 2 N–H and O–H groups in total. The third kappa shape index (κ3) is 1.76. The lowest BCUT2D eigenvalue weighted by Gasteiger charge is -2.11. The van der Waals surface area contributed by atoms with E-state index in [1.807, 2.05) is 0 Å². The number of anilines is 1. The molecule has 0 spiro atoms. The maximum absolute atomic E-state index is 10.4. The third-order valence-electron chi connectivity index (χ3n) is 1.48. The van der Waals surface area contributed by atoms with E-state index in [2.05, 4.69) is 0 Å². The zero-order chi connectivity index (χ0) is 10.0. The molecule has 0 saturated heterocycles. The summed E-state index contributed by atoms with van der Waals surface area (Å²) in [5, 5.41) is 20.8. The van der Waals surface area contributed by atoms with Gasteiger partial charge in [0.25, 0.3) is 0 Å². The second-order valence-corrected chi connectivity index (χ2v) is 2.38. The highest BCUT2D eigenvalue weighted by Crippen LogP contribution is 2.11. The largest absolute Gasteiger partial charge is 0.545 e. The summed E-state index contributed by atoms with van der Waals surface area (Å²) in [7, 11) is 0. The number of nitrogen functional groups attached to an aromatic ring is 1. The highest BCUT2D eigenvalue weighted by molar-refractivity contribution is 6.00. The number of aromatic carboxylic acids is 2. The van der Waals surface area contributed by atoms with Crippen molar-refractivity contribution in [1.29, 1.82) is 0 Å². The predicted molar refractivity (Wildman–Crippen MR) is 39.5 cm³/mol. The van der Waals surface area contributed by atoms with Gasteiger partial charge in [-0.3, -0.25) is 0 Å². The van der Waals surface area contributed by atoms with Crippen molar-refractivity contribution >= 4 is 17.6 Å². The van der Waals surface area contributed by atoms with Gasteiger partial charge in [0.1, 0.15) is 0 Å². The molecule has 5 heteroatoms. The molecule has 0 unspecified atom stereocenters.